The number of hydrogen-bond acceptors (Lipinski definition) is 4. The molecule has 0 aliphatic heterocycles. The van der Waals surface area contributed by atoms with Crippen LogP contribution < -0.4 is 0 Å². The van der Waals surface area contributed by atoms with Gasteiger partial charge in [0.05, 0.1) is 12.1 Å². The van der Waals surface area contributed by atoms with Crippen molar-refractivity contribution >= 4 is 5.78 Å². The lowest BCUT2D eigenvalue weighted by Crippen LogP contribution is -2.03. The molecular weight excluding hydrogens is 192 g/mol. The van der Waals surface area contributed by atoms with Crippen molar-refractivity contribution in [2.24, 2.45) is 0 Å². The number of Topliss-reactive ketones (excluding diaryl/α,β-unsaturated/α-hetero) is 1. The molecule has 4 nitrogen and oxygen atoms in total. The monoisotopic (exact) mass is 202 g/mol. The van der Waals surface area contributed by atoms with E-state index in [1.165, 1.54) is 0 Å². The predicted molar refractivity (Wildman–Crippen MR) is 53.5 cm³/mol. The molecule has 0 aliphatic rings. The summed E-state index contributed by atoms with van der Waals surface area (Å²) in [6.07, 6.45) is 4.94. The van der Waals surface area contributed by atoms with Crippen molar-refractivity contribution in [3.8, 4) is 0 Å². The Bertz CT molecular complexity index is 462. The first-order valence-corrected chi connectivity index (χ1v) is 4.60. The van der Waals surface area contributed by atoms with E-state index in [0.717, 1.165) is 5.76 Å². The average molecular weight is 202 g/mol. The van der Waals surface area contributed by atoms with Gasteiger partial charge in [0.15, 0.2) is 5.76 Å². The standard InChI is InChI=1S/C11H10N2O2/c1-8-2-3-11(15-8)10(14)6-9-7-12-4-5-13-9/h2-5,7H,6H2,1H3. The van der Waals surface area contributed by atoms with E-state index in [0.29, 0.717) is 11.5 Å². The molecule has 0 fully saturated rings. The van der Waals surface area contributed by atoms with Crippen molar-refractivity contribution in [2.45, 2.75) is 13.3 Å². The largest absolute Gasteiger partial charge is 0.458 e. The molecule has 4 heteroatoms. The number of carbonyl (C=O) groups is 1. The van der Waals surface area contributed by atoms with Gasteiger partial charge < -0.3 is 4.42 Å². The van der Waals surface area contributed by atoms with Gasteiger partial charge in [0.1, 0.15) is 5.76 Å². The highest BCUT2D eigenvalue weighted by Crippen LogP contribution is 2.09. The molecule has 0 atom stereocenters. The smallest absolute Gasteiger partial charge is 0.203 e. The summed E-state index contributed by atoms with van der Waals surface area (Å²) >= 11 is 0. The van der Waals surface area contributed by atoms with Crippen LogP contribution in [0.5, 0.6) is 0 Å². The number of carbonyl (C=O) groups excluding carboxylic acids is 1. The van der Waals surface area contributed by atoms with Crippen LogP contribution in [-0.4, -0.2) is 15.8 Å². The Kier molecular flexibility index (Phi) is 2.58. The van der Waals surface area contributed by atoms with Gasteiger partial charge in [0.25, 0.3) is 0 Å². The van der Waals surface area contributed by atoms with Crippen LogP contribution in [0.2, 0.25) is 0 Å². The van der Waals surface area contributed by atoms with Gasteiger partial charge in [-0.2, -0.15) is 0 Å². The van der Waals surface area contributed by atoms with Crippen LogP contribution in [0.3, 0.4) is 0 Å². The second kappa shape index (κ2) is 4.04. The number of ketones is 1. The van der Waals surface area contributed by atoms with Crippen LogP contribution in [0.25, 0.3) is 0 Å². The molecule has 0 N–H and O–H groups in total. The van der Waals surface area contributed by atoms with Crippen molar-refractivity contribution in [2.75, 3.05) is 0 Å². The summed E-state index contributed by atoms with van der Waals surface area (Å²) in [5.41, 5.74) is 0.650. The Balaban J connectivity index is 2.11. The quantitative estimate of drug-likeness (QED) is 0.712. The van der Waals surface area contributed by atoms with E-state index in [4.69, 9.17) is 4.42 Å². The van der Waals surface area contributed by atoms with Gasteiger partial charge in [-0.1, -0.05) is 0 Å². The molecule has 15 heavy (non-hydrogen) atoms. The molecule has 0 radical (unpaired) electrons. The number of aryl methyl sites for hydroxylation is 1. The lowest BCUT2D eigenvalue weighted by Gasteiger charge is -1.96. The van der Waals surface area contributed by atoms with Gasteiger partial charge >= 0.3 is 0 Å². The summed E-state index contributed by atoms with van der Waals surface area (Å²) < 4.78 is 5.22. The predicted octanol–water partition coefficient (Wildman–Crippen LogP) is 1.80. The van der Waals surface area contributed by atoms with Crippen molar-refractivity contribution in [1.29, 1.82) is 0 Å². The number of hydrogen-bond donors (Lipinski definition) is 0. The second-order valence-electron chi connectivity index (χ2n) is 3.21. The lowest BCUT2D eigenvalue weighted by molar-refractivity contribution is 0.0964. The van der Waals surface area contributed by atoms with E-state index in [1.54, 1.807) is 37.6 Å². The van der Waals surface area contributed by atoms with Crippen LogP contribution in [0.1, 0.15) is 22.0 Å². The van der Waals surface area contributed by atoms with Gasteiger partial charge in [-0.3, -0.25) is 14.8 Å². The SMILES string of the molecule is Cc1ccc(C(=O)Cc2cnccn2)o1. The molecule has 2 heterocycles. The Hall–Kier alpha value is -1.97. The van der Waals surface area contributed by atoms with Gasteiger partial charge in [0, 0.05) is 18.6 Å². The fourth-order valence-corrected chi connectivity index (χ4v) is 1.26. The van der Waals surface area contributed by atoms with E-state index in [1.807, 2.05) is 0 Å². The molecule has 0 aliphatic carbocycles. The minimum Gasteiger partial charge on any atom is -0.458 e. The van der Waals surface area contributed by atoms with Gasteiger partial charge in [-0.05, 0) is 19.1 Å². The van der Waals surface area contributed by atoms with Crippen LogP contribution in [0, 0.1) is 6.92 Å². The zero-order valence-electron chi connectivity index (χ0n) is 8.30. The van der Waals surface area contributed by atoms with Crippen LogP contribution >= 0.6 is 0 Å². The van der Waals surface area contributed by atoms with E-state index in [2.05, 4.69) is 9.97 Å². The second-order valence-corrected chi connectivity index (χ2v) is 3.21. The first-order chi connectivity index (χ1) is 7.25. The van der Waals surface area contributed by atoms with E-state index >= 15 is 0 Å². The fraction of sp³-hybridized carbons (Fsp3) is 0.182. The molecule has 2 aromatic rings. The Labute approximate surface area is 87.0 Å². The highest BCUT2D eigenvalue weighted by molar-refractivity contribution is 5.94. The Morgan fingerprint density at radius 3 is 2.87 bits per heavy atom. The molecule has 0 unspecified atom stereocenters. The number of nitrogens with zero attached hydrogens (tertiary/aromatic N) is 2. The van der Waals surface area contributed by atoms with Crippen molar-refractivity contribution in [1.82, 2.24) is 9.97 Å². The zero-order chi connectivity index (χ0) is 10.7. The maximum absolute atomic E-state index is 11.7. The first-order valence-electron chi connectivity index (χ1n) is 4.60. The summed E-state index contributed by atoms with van der Waals surface area (Å²) in [4.78, 5) is 19.6. The number of aromatic nitrogens is 2. The molecule has 2 rings (SSSR count). The molecule has 0 aromatic carbocycles. The molecule has 2 aromatic heterocycles. The van der Waals surface area contributed by atoms with Crippen molar-refractivity contribution in [3.05, 3.63) is 47.9 Å². The summed E-state index contributed by atoms with van der Waals surface area (Å²) in [5, 5.41) is 0. The third-order valence-electron chi connectivity index (χ3n) is 1.97. The number of rotatable bonds is 3. The van der Waals surface area contributed by atoms with Crippen molar-refractivity contribution in [3.63, 3.8) is 0 Å². The minimum absolute atomic E-state index is 0.0800. The first kappa shape index (κ1) is 9.58. The third kappa shape index (κ3) is 2.28. The van der Waals surface area contributed by atoms with Crippen LogP contribution in [0.15, 0.2) is 35.1 Å². The van der Waals surface area contributed by atoms with E-state index in [9.17, 15) is 4.79 Å². The maximum Gasteiger partial charge on any atom is 0.203 e. The van der Waals surface area contributed by atoms with E-state index < -0.39 is 0 Å². The summed E-state index contributed by atoms with van der Waals surface area (Å²) in [7, 11) is 0. The topological polar surface area (TPSA) is 56.0 Å². The molecule has 76 valence electrons. The van der Waals surface area contributed by atoms with E-state index in [-0.39, 0.29) is 12.2 Å². The minimum atomic E-state index is -0.0800. The lowest BCUT2D eigenvalue weighted by atomic mass is 10.2. The third-order valence-corrected chi connectivity index (χ3v) is 1.97. The molecule has 0 spiro atoms. The average Bonchev–Trinajstić information content (AvgIpc) is 2.66. The van der Waals surface area contributed by atoms with Gasteiger partial charge in [-0.15, -0.1) is 0 Å². The highest BCUT2D eigenvalue weighted by atomic mass is 16.3. The summed E-state index contributed by atoms with van der Waals surface area (Å²) in [6.45, 7) is 1.80. The summed E-state index contributed by atoms with van der Waals surface area (Å²) in [5.74, 6) is 1.03. The molecule has 0 bridgehead atoms. The molecule has 0 saturated carbocycles. The Morgan fingerprint density at radius 1 is 1.40 bits per heavy atom. The summed E-state index contributed by atoms with van der Waals surface area (Å²) in [6, 6.07) is 3.44. The molecular formula is C11H10N2O2. The zero-order valence-corrected chi connectivity index (χ0v) is 8.30. The molecule has 0 amide bonds. The maximum atomic E-state index is 11.7. The van der Waals surface area contributed by atoms with Crippen LogP contribution in [-0.2, 0) is 6.42 Å². The van der Waals surface area contributed by atoms with Gasteiger partial charge in [-0.25, -0.2) is 0 Å². The number of furan rings is 1. The van der Waals surface area contributed by atoms with Crippen LogP contribution in [0.4, 0.5) is 0 Å². The van der Waals surface area contributed by atoms with Gasteiger partial charge in [0.2, 0.25) is 5.78 Å². The van der Waals surface area contributed by atoms with Crippen molar-refractivity contribution < 1.29 is 9.21 Å². The highest BCUT2D eigenvalue weighted by Gasteiger charge is 2.11. The Morgan fingerprint density at radius 2 is 2.27 bits per heavy atom. The normalized spacial score (nSPS) is 10.2. The fourth-order valence-electron chi connectivity index (χ4n) is 1.26. The molecule has 0 saturated heterocycles.